The van der Waals surface area contributed by atoms with Crippen molar-refractivity contribution in [3.63, 3.8) is 0 Å². The topological polar surface area (TPSA) is 72.8 Å². The Labute approximate surface area is 100 Å². The molecule has 0 unspecified atom stereocenters. The maximum absolute atomic E-state index is 11.6. The Morgan fingerprint density at radius 2 is 1.53 bits per heavy atom. The molecule has 1 N–H and O–H groups in total. The van der Waals surface area contributed by atoms with Crippen LogP contribution in [0.1, 0.15) is 32.1 Å². The molecule has 17 heavy (non-hydrogen) atoms. The Morgan fingerprint density at radius 3 is 2.00 bits per heavy atom. The lowest BCUT2D eigenvalue weighted by Gasteiger charge is -2.23. The number of aliphatic hydroxyl groups excluding tert-OH is 1. The van der Waals surface area contributed by atoms with Crippen LogP contribution in [0.15, 0.2) is 11.3 Å². The van der Waals surface area contributed by atoms with E-state index in [9.17, 15) is 14.7 Å². The van der Waals surface area contributed by atoms with Gasteiger partial charge < -0.3 is 14.6 Å². The number of esters is 2. The number of ether oxygens (including phenoxy) is 2. The summed E-state index contributed by atoms with van der Waals surface area (Å²) >= 11 is 0. The number of carbonyl (C=O) groups is 2. The smallest absolute Gasteiger partial charge is 0.373 e. The van der Waals surface area contributed by atoms with Crippen LogP contribution in [0.2, 0.25) is 0 Å². The van der Waals surface area contributed by atoms with Crippen molar-refractivity contribution in [3.8, 4) is 0 Å². The van der Waals surface area contributed by atoms with Crippen LogP contribution in [-0.2, 0) is 19.1 Å². The van der Waals surface area contributed by atoms with Gasteiger partial charge in [0.2, 0.25) is 5.76 Å². The summed E-state index contributed by atoms with van der Waals surface area (Å²) in [5, 5.41) is 9.74. The van der Waals surface area contributed by atoms with Crippen molar-refractivity contribution >= 4 is 11.9 Å². The van der Waals surface area contributed by atoms with Crippen molar-refractivity contribution in [1.82, 2.24) is 0 Å². The SMILES string of the molecule is COC(=O)/C(O)=C(/C(=O)OC)C1CCCCC1. The van der Waals surface area contributed by atoms with Crippen LogP contribution in [0, 0.1) is 5.92 Å². The van der Waals surface area contributed by atoms with Gasteiger partial charge in [-0.15, -0.1) is 0 Å². The lowest BCUT2D eigenvalue weighted by atomic mass is 9.83. The molecule has 0 saturated heterocycles. The third-order valence-corrected chi connectivity index (χ3v) is 3.05. The van der Waals surface area contributed by atoms with Crippen LogP contribution < -0.4 is 0 Å². The Morgan fingerprint density at radius 1 is 1.00 bits per heavy atom. The van der Waals surface area contributed by atoms with Gasteiger partial charge in [-0.2, -0.15) is 0 Å². The van der Waals surface area contributed by atoms with Crippen molar-refractivity contribution < 1.29 is 24.2 Å². The molecular weight excluding hydrogens is 224 g/mol. The van der Waals surface area contributed by atoms with E-state index in [-0.39, 0.29) is 11.5 Å². The van der Waals surface area contributed by atoms with Gasteiger partial charge in [0.15, 0.2) is 0 Å². The van der Waals surface area contributed by atoms with Gasteiger partial charge in [0.1, 0.15) is 0 Å². The first-order valence-corrected chi connectivity index (χ1v) is 5.71. The van der Waals surface area contributed by atoms with Crippen LogP contribution in [0.5, 0.6) is 0 Å². The minimum absolute atomic E-state index is 0.0547. The molecule has 0 heterocycles. The van der Waals surface area contributed by atoms with E-state index in [0.29, 0.717) is 0 Å². The third kappa shape index (κ3) is 3.22. The van der Waals surface area contributed by atoms with E-state index < -0.39 is 17.7 Å². The molecule has 1 rings (SSSR count). The summed E-state index contributed by atoms with van der Waals surface area (Å²) < 4.78 is 9.04. The van der Waals surface area contributed by atoms with E-state index in [1.54, 1.807) is 0 Å². The van der Waals surface area contributed by atoms with Gasteiger partial charge >= 0.3 is 11.9 Å². The number of carbonyl (C=O) groups excluding carboxylic acids is 2. The van der Waals surface area contributed by atoms with Crippen molar-refractivity contribution in [2.75, 3.05) is 14.2 Å². The zero-order valence-corrected chi connectivity index (χ0v) is 10.2. The van der Waals surface area contributed by atoms with E-state index in [2.05, 4.69) is 9.47 Å². The lowest BCUT2D eigenvalue weighted by Crippen LogP contribution is -2.22. The number of methoxy groups -OCH3 is 2. The molecule has 5 nitrogen and oxygen atoms in total. The highest BCUT2D eigenvalue weighted by atomic mass is 16.5. The third-order valence-electron chi connectivity index (χ3n) is 3.05. The molecule has 0 aliphatic heterocycles. The van der Waals surface area contributed by atoms with Crippen molar-refractivity contribution in [3.05, 3.63) is 11.3 Å². The van der Waals surface area contributed by atoms with Gasteiger partial charge in [-0.3, -0.25) is 0 Å². The first-order chi connectivity index (χ1) is 8.11. The Kier molecular flexibility index (Phi) is 5.00. The van der Waals surface area contributed by atoms with E-state index >= 15 is 0 Å². The molecule has 0 radical (unpaired) electrons. The summed E-state index contributed by atoms with van der Waals surface area (Å²) in [4.78, 5) is 22.9. The standard InChI is InChI=1S/C12H18O5/c1-16-11(14)9(10(13)12(15)17-2)8-6-4-3-5-7-8/h8,13H,3-7H2,1-2H3/b10-9-. The molecule has 0 atom stereocenters. The number of hydrogen-bond acceptors (Lipinski definition) is 5. The second-order valence-corrected chi connectivity index (χ2v) is 4.08. The molecule has 0 aromatic rings. The zero-order valence-electron chi connectivity index (χ0n) is 10.2. The Balaban J connectivity index is 3.01. The van der Waals surface area contributed by atoms with Crippen LogP contribution in [-0.4, -0.2) is 31.3 Å². The highest BCUT2D eigenvalue weighted by molar-refractivity contribution is 5.99. The molecule has 1 aliphatic carbocycles. The second-order valence-electron chi connectivity index (χ2n) is 4.08. The molecule has 0 bridgehead atoms. The minimum Gasteiger partial charge on any atom is -0.501 e. The van der Waals surface area contributed by atoms with E-state index in [0.717, 1.165) is 39.2 Å². The van der Waals surface area contributed by atoms with Crippen LogP contribution in [0.25, 0.3) is 0 Å². The monoisotopic (exact) mass is 242 g/mol. The summed E-state index contributed by atoms with van der Waals surface area (Å²) in [6.07, 6.45) is 4.65. The molecule has 1 aliphatic rings. The number of rotatable bonds is 3. The normalized spacial score (nSPS) is 18.2. The van der Waals surface area contributed by atoms with Crippen LogP contribution in [0.3, 0.4) is 0 Å². The highest BCUT2D eigenvalue weighted by Gasteiger charge is 2.30. The fourth-order valence-electron chi connectivity index (χ4n) is 2.16. The van der Waals surface area contributed by atoms with E-state index in [1.165, 1.54) is 7.11 Å². The molecule has 0 aromatic carbocycles. The molecule has 1 saturated carbocycles. The van der Waals surface area contributed by atoms with Gasteiger partial charge in [0.25, 0.3) is 0 Å². The number of aliphatic hydroxyl groups is 1. The number of hydrogen-bond donors (Lipinski definition) is 1. The fraction of sp³-hybridized carbons (Fsp3) is 0.667. The molecule has 96 valence electrons. The molecular formula is C12H18O5. The molecule has 0 aromatic heterocycles. The Hall–Kier alpha value is -1.52. The largest absolute Gasteiger partial charge is 0.501 e. The van der Waals surface area contributed by atoms with E-state index in [4.69, 9.17) is 0 Å². The van der Waals surface area contributed by atoms with Crippen molar-refractivity contribution in [1.29, 1.82) is 0 Å². The zero-order chi connectivity index (χ0) is 12.8. The van der Waals surface area contributed by atoms with Crippen LogP contribution >= 0.6 is 0 Å². The van der Waals surface area contributed by atoms with E-state index in [1.807, 2.05) is 0 Å². The average molecular weight is 242 g/mol. The lowest BCUT2D eigenvalue weighted by molar-refractivity contribution is -0.142. The highest BCUT2D eigenvalue weighted by Crippen LogP contribution is 2.31. The van der Waals surface area contributed by atoms with Gasteiger partial charge in [-0.25, -0.2) is 9.59 Å². The average Bonchev–Trinajstić information content (AvgIpc) is 2.38. The van der Waals surface area contributed by atoms with Gasteiger partial charge in [0, 0.05) is 0 Å². The maximum atomic E-state index is 11.6. The Bertz CT molecular complexity index is 326. The van der Waals surface area contributed by atoms with Crippen molar-refractivity contribution in [2.24, 2.45) is 5.92 Å². The van der Waals surface area contributed by atoms with Gasteiger partial charge in [0.05, 0.1) is 19.8 Å². The summed E-state index contributed by atoms with van der Waals surface area (Å²) in [5.74, 6) is -2.28. The minimum atomic E-state index is -0.893. The molecule has 0 spiro atoms. The maximum Gasteiger partial charge on any atom is 0.373 e. The van der Waals surface area contributed by atoms with Gasteiger partial charge in [-0.1, -0.05) is 19.3 Å². The predicted octanol–water partition coefficient (Wildman–Crippen LogP) is 1.72. The summed E-state index contributed by atoms with van der Waals surface area (Å²) in [6.45, 7) is 0. The van der Waals surface area contributed by atoms with Crippen LogP contribution in [0.4, 0.5) is 0 Å². The first kappa shape index (κ1) is 13.5. The quantitative estimate of drug-likeness (QED) is 0.463. The predicted molar refractivity (Wildman–Crippen MR) is 60.3 cm³/mol. The fourth-order valence-corrected chi connectivity index (χ4v) is 2.16. The molecule has 0 amide bonds. The summed E-state index contributed by atoms with van der Waals surface area (Å²) in [6, 6.07) is 0. The molecule has 1 fully saturated rings. The summed E-state index contributed by atoms with van der Waals surface area (Å²) in [7, 11) is 2.39. The second kappa shape index (κ2) is 6.27. The van der Waals surface area contributed by atoms with Crippen molar-refractivity contribution in [2.45, 2.75) is 32.1 Å². The van der Waals surface area contributed by atoms with Gasteiger partial charge in [-0.05, 0) is 18.8 Å². The molecule has 5 heteroatoms. The first-order valence-electron chi connectivity index (χ1n) is 5.71. The summed E-state index contributed by atoms with van der Waals surface area (Å²) in [5.41, 5.74) is 0.0547.